The standard InChI is InChI=1S/C74H102F5N9O16S/c1-13-44(6)65(54(99-11)40-57(92)88-31-18-22-52(88)66(100-12)45(7)68(94)84-51(70-81-30-36-105-70)37-46-19-15-14-16-20-46)87(10)71(96)50(42(2)3)39-55(90)74(8,9)86-73(98)103-41-47-23-25-49(26-24-47)83-69(95)48(21-17-29-82-72(80)97)38-53(89)64(43(4)5)85-56(91)27-32-101-34-35-102-33-28-58(93)104-67-62(78)60(76)59(75)61(77)63(67)79/h14-16,19-20,23-26,30,36,42-45,48,50-52,54,64-66H,13,17-18,21-22,27-29,31-35,37-41H2,1-12H3,(H,83,95)(H,84,94)(H,85,91)(H,86,98)(H3,80,82,97)/t44-,45+,48+,50-,51?,52-,54+,64-,65-,66+/m0/s1. The van der Waals surface area contributed by atoms with Gasteiger partial charge in [-0.3, -0.25) is 38.4 Å². The Labute approximate surface area is 614 Å². The van der Waals surface area contributed by atoms with Crippen molar-refractivity contribution in [3.05, 3.63) is 111 Å². The molecule has 1 fully saturated rings. The highest BCUT2D eigenvalue weighted by atomic mass is 32.1. The van der Waals surface area contributed by atoms with E-state index in [1.807, 2.05) is 63.4 Å². The second kappa shape index (κ2) is 42.6. The zero-order chi connectivity index (χ0) is 77.8. The highest BCUT2D eigenvalue weighted by Gasteiger charge is 2.44. The molecule has 1 aromatic heterocycles. The molecule has 8 amide bonds. The van der Waals surface area contributed by atoms with Crippen LogP contribution in [0, 0.1) is 64.6 Å². The van der Waals surface area contributed by atoms with E-state index in [1.54, 1.807) is 75.2 Å². The van der Waals surface area contributed by atoms with Crippen LogP contribution in [-0.2, 0) is 75.1 Å². The van der Waals surface area contributed by atoms with Gasteiger partial charge in [0.25, 0.3) is 0 Å². The Balaban J connectivity index is 1.11. The van der Waals surface area contributed by atoms with E-state index in [9.17, 15) is 69.9 Å². The number of hydrogen-bond acceptors (Lipinski definition) is 18. The largest absolute Gasteiger partial charge is 0.445 e. The monoisotopic (exact) mass is 1500 g/mol. The summed E-state index contributed by atoms with van der Waals surface area (Å²) in [6, 6.07) is 12.9. The molecule has 1 aliphatic rings. The number of nitrogens with one attached hydrogen (secondary N) is 5. The Morgan fingerprint density at radius 1 is 0.762 bits per heavy atom. The zero-order valence-electron chi connectivity index (χ0n) is 61.8. The quantitative estimate of drug-likeness (QED) is 0.00599. The molecule has 0 radical (unpaired) electrons. The normalized spacial score (nSPS) is 15.6. The number of likely N-dealkylation sites (N-methyl/N-ethyl adjacent to an activating group) is 1. The number of hydrogen-bond donors (Lipinski definition) is 6. The summed E-state index contributed by atoms with van der Waals surface area (Å²) in [4.78, 5) is 143. The van der Waals surface area contributed by atoms with E-state index in [0.29, 0.717) is 43.5 Å². The molecular formula is C74H102F5N9O16S. The minimum Gasteiger partial charge on any atom is -0.445 e. The number of carbonyl (C=O) groups excluding carboxylic acids is 10. The molecule has 580 valence electrons. The number of halogens is 5. The van der Waals surface area contributed by atoms with Crippen molar-refractivity contribution in [3.8, 4) is 5.75 Å². The number of primary amides is 1. The molecule has 4 aromatic rings. The molecular weight excluding hydrogens is 1400 g/mol. The SMILES string of the molecule is CC[C@H](C)[C@@H]([C@@H](CC(=O)N1CCC[C@H]1[C@H](OC)[C@@H](C)C(=O)NC(Cc1ccccc1)c1nccs1)OC)N(C)C(=O)[C@@H](CC(=O)C(C)(C)NC(=O)OCc1ccc(NC(=O)[C@H](CCCNC(N)=O)CC(=O)[C@@H](NC(=O)CCOCCOCCC(=O)Oc2c(F)c(F)c(F)c(F)c2F)C(C)C)cc1)C(C)C. The van der Waals surface area contributed by atoms with Gasteiger partial charge in [0, 0.05) is 82.7 Å². The molecule has 25 nitrogen and oxygen atoms in total. The van der Waals surface area contributed by atoms with Crippen LogP contribution in [-0.4, -0.2) is 171 Å². The van der Waals surface area contributed by atoms with E-state index in [4.69, 9.17) is 29.4 Å². The second-order valence-electron chi connectivity index (χ2n) is 27.4. The lowest BCUT2D eigenvalue weighted by molar-refractivity contribution is -0.149. The van der Waals surface area contributed by atoms with Crippen LogP contribution in [0.1, 0.15) is 149 Å². The Hall–Kier alpha value is -8.52. The van der Waals surface area contributed by atoms with Gasteiger partial charge in [-0.2, -0.15) is 8.78 Å². The van der Waals surface area contributed by atoms with Gasteiger partial charge in [0.1, 0.15) is 11.6 Å². The van der Waals surface area contributed by atoms with E-state index in [0.717, 1.165) is 10.6 Å². The van der Waals surface area contributed by atoms with Gasteiger partial charge in [-0.05, 0) is 87.0 Å². The maximum absolute atomic E-state index is 14.8. The number of methoxy groups -OCH3 is 2. The number of alkyl carbamates (subject to hydrolysis) is 1. The van der Waals surface area contributed by atoms with Gasteiger partial charge in [0.15, 0.2) is 11.6 Å². The molecule has 7 N–H and O–H groups in total. The maximum Gasteiger partial charge on any atom is 0.408 e. The fraction of sp³-hybridized carbons (Fsp3) is 0.581. The van der Waals surface area contributed by atoms with E-state index < -0.39 is 142 Å². The lowest BCUT2D eigenvalue weighted by Gasteiger charge is -2.41. The van der Waals surface area contributed by atoms with Crippen LogP contribution in [0.4, 0.5) is 37.2 Å². The average Bonchev–Trinajstić information content (AvgIpc) is 1.80. The summed E-state index contributed by atoms with van der Waals surface area (Å²) in [6.07, 6.45) is 0.738. The molecule has 0 aliphatic carbocycles. The first-order valence-corrected chi connectivity index (χ1v) is 36.1. The predicted molar refractivity (Wildman–Crippen MR) is 379 cm³/mol. The summed E-state index contributed by atoms with van der Waals surface area (Å²) in [6.45, 7) is 15.4. The first kappa shape index (κ1) is 87.1. The van der Waals surface area contributed by atoms with Crippen molar-refractivity contribution in [2.45, 2.75) is 181 Å². The second-order valence-corrected chi connectivity index (χ2v) is 28.3. The zero-order valence-corrected chi connectivity index (χ0v) is 62.6. The minimum absolute atomic E-state index is 0.0776. The molecule has 105 heavy (non-hydrogen) atoms. The summed E-state index contributed by atoms with van der Waals surface area (Å²) < 4.78 is 100. The fourth-order valence-electron chi connectivity index (χ4n) is 12.4. The highest BCUT2D eigenvalue weighted by Crippen LogP contribution is 2.34. The number of anilines is 1. The van der Waals surface area contributed by atoms with Crippen molar-refractivity contribution in [1.29, 1.82) is 0 Å². The van der Waals surface area contributed by atoms with E-state index in [2.05, 4.69) is 36.3 Å². The number of benzene rings is 3. The predicted octanol–water partition coefficient (Wildman–Crippen LogP) is 9.62. The maximum atomic E-state index is 14.8. The van der Waals surface area contributed by atoms with Crippen molar-refractivity contribution >= 4 is 76.2 Å². The minimum atomic E-state index is -2.41. The van der Waals surface area contributed by atoms with Gasteiger partial charge in [0.05, 0.1) is 87.1 Å². The number of carbonyl (C=O) groups is 10. The number of esters is 1. The first-order valence-electron chi connectivity index (χ1n) is 35.2. The van der Waals surface area contributed by atoms with Crippen LogP contribution < -0.4 is 37.1 Å². The van der Waals surface area contributed by atoms with Crippen LogP contribution in [0.15, 0.2) is 66.2 Å². The summed E-state index contributed by atoms with van der Waals surface area (Å²) in [7, 11) is 4.71. The molecule has 3 aromatic carbocycles. The molecule has 31 heteroatoms. The van der Waals surface area contributed by atoms with Crippen molar-refractivity contribution < 1.29 is 98.3 Å². The molecule has 0 bridgehead atoms. The number of aromatic nitrogens is 1. The number of rotatable bonds is 44. The molecule has 1 saturated heterocycles. The van der Waals surface area contributed by atoms with Gasteiger partial charge in [-0.1, -0.05) is 97.4 Å². The average molecular weight is 1500 g/mol. The molecule has 2 heterocycles. The fourth-order valence-corrected chi connectivity index (χ4v) is 13.1. The Bertz CT molecular complexity index is 3510. The lowest BCUT2D eigenvalue weighted by Crippen LogP contribution is -2.55. The van der Waals surface area contributed by atoms with Gasteiger partial charge in [0.2, 0.25) is 64.4 Å². The topological polar surface area (TPSA) is 332 Å². The Kier molecular flexibility index (Phi) is 35.3. The molecule has 1 aliphatic heterocycles. The first-order chi connectivity index (χ1) is 49.7. The highest BCUT2D eigenvalue weighted by molar-refractivity contribution is 7.09. The van der Waals surface area contributed by atoms with E-state index >= 15 is 0 Å². The van der Waals surface area contributed by atoms with Gasteiger partial charge >= 0.3 is 18.1 Å². The van der Waals surface area contributed by atoms with Crippen molar-refractivity contribution in [2.24, 2.45) is 41.2 Å². The van der Waals surface area contributed by atoms with Gasteiger partial charge in [-0.25, -0.2) is 27.7 Å². The Morgan fingerprint density at radius 3 is 1.98 bits per heavy atom. The van der Waals surface area contributed by atoms with Gasteiger partial charge in [-0.15, -0.1) is 11.3 Å². The van der Waals surface area contributed by atoms with Crippen molar-refractivity contribution in [3.63, 3.8) is 0 Å². The third-order valence-corrected chi connectivity index (χ3v) is 19.6. The summed E-state index contributed by atoms with van der Waals surface area (Å²) >= 11 is 1.46. The van der Waals surface area contributed by atoms with Crippen LogP contribution in [0.2, 0.25) is 0 Å². The van der Waals surface area contributed by atoms with Gasteiger partial charge < -0.3 is 70.5 Å². The van der Waals surface area contributed by atoms with E-state index in [1.165, 1.54) is 32.3 Å². The number of ether oxygens (including phenoxy) is 6. The third-order valence-electron chi connectivity index (χ3n) is 18.7. The smallest absolute Gasteiger partial charge is 0.408 e. The number of ketones is 2. The molecule has 1 unspecified atom stereocenters. The number of Topliss-reactive ketones (excluding diaryl/α,β-unsaturated/α-hetero) is 2. The van der Waals surface area contributed by atoms with E-state index in [-0.39, 0.29) is 114 Å². The molecule has 10 atom stereocenters. The summed E-state index contributed by atoms with van der Waals surface area (Å²) in [5.41, 5.74) is 5.58. The van der Waals surface area contributed by atoms with Crippen LogP contribution in [0.3, 0.4) is 0 Å². The number of thiazole rings is 1. The number of nitrogens with two attached hydrogens (primary N) is 1. The molecule has 0 spiro atoms. The number of nitrogens with zero attached hydrogens (tertiary/aromatic N) is 3. The Morgan fingerprint density at radius 2 is 1.40 bits per heavy atom. The molecule has 5 rings (SSSR count). The van der Waals surface area contributed by atoms with Crippen molar-refractivity contribution in [1.82, 2.24) is 36.1 Å². The summed E-state index contributed by atoms with van der Waals surface area (Å²) in [5, 5.41) is 16.4. The number of amides is 8. The number of urea groups is 1. The molecule has 0 saturated carbocycles. The van der Waals surface area contributed by atoms with Crippen LogP contribution in [0.5, 0.6) is 5.75 Å². The third kappa shape index (κ3) is 26.2. The lowest BCUT2D eigenvalue weighted by atomic mass is 9.83. The van der Waals surface area contributed by atoms with Crippen LogP contribution in [0.25, 0.3) is 0 Å². The summed E-state index contributed by atoms with van der Waals surface area (Å²) in [5.74, 6) is -20.9. The van der Waals surface area contributed by atoms with Crippen LogP contribution >= 0.6 is 11.3 Å². The van der Waals surface area contributed by atoms with Crippen molar-refractivity contribution in [2.75, 3.05) is 66.1 Å². The number of likely N-dealkylation sites (tertiary alicyclic amines) is 1.